The summed E-state index contributed by atoms with van der Waals surface area (Å²) < 4.78 is 5.13. The van der Waals surface area contributed by atoms with E-state index in [-0.39, 0.29) is 5.91 Å². The number of thioether (sulfide) groups is 1. The summed E-state index contributed by atoms with van der Waals surface area (Å²) in [6.07, 6.45) is 0.911. The van der Waals surface area contributed by atoms with Crippen LogP contribution in [-0.2, 0) is 4.74 Å². The van der Waals surface area contributed by atoms with Crippen molar-refractivity contribution in [2.75, 3.05) is 18.1 Å². The highest BCUT2D eigenvalue weighted by atomic mass is 32.2. The summed E-state index contributed by atoms with van der Waals surface area (Å²) in [6, 6.07) is 7.98. The molecule has 0 saturated heterocycles. The molecular formula is C20H24N2O3S. The number of benzene rings is 1. The Morgan fingerprint density at radius 3 is 2.77 bits per heavy atom. The van der Waals surface area contributed by atoms with E-state index >= 15 is 0 Å². The van der Waals surface area contributed by atoms with Crippen molar-refractivity contribution in [3.63, 3.8) is 0 Å². The number of nitrogens with zero attached hydrogens (tertiary/aromatic N) is 1. The van der Waals surface area contributed by atoms with Gasteiger partial charge >= 0.3 is 5.97 Å². The SMILES string of the molecule is CCOC(=O)c1c(C)[nH]c(C(=O)N2CCC(C)Sc3ccccc32)c1C. The lowest BCUT2D eigenvalue weighted by molar-refractivity contribution is 0.0525. The van der Waals surface area contributed by atoms with Crippen molar-refractivity contribution in [1.82, 2.24) is 4.98 Å². The number of carbonyl (C=O) groups excluding carboxylic acids is 2. The maximum atomic E-state index is 13.3. The van der Waals surface area contributed by atoms with Crippen LogP contribution in [0.3, 0.4) is 0 Å². The van der Waals surface area contributed by atoms with E-state index in [2.05, 4.69) is 18.0 Å². The lowest BCUT2D eigenvalue weighted by Crippen LogP contribution is -2.33. The van der Waals surface area contributed by atoms with Crippen LogP contribution in [0, 0.1) is 13.8 Å². The number of amides is 1. The van der Waals surface area contributed by atoms with E-state index in [0.29, 0.717) is 40.9 Å². The van der Waals surface area contributed by atoms with Crippen molar-refractivity contribution in [3.05, 3.63) is 46.8 Å². The first-order chi connectivity index (χ1) is 12.4. The highest BCUT2D eigenvalue weighted by Crippen LogP contribution is 2.38. The molecule has 0 aliphatic carbocycles. The number of para-hydroxylation sites is 1. The first-order valence-corrected chi connectivity index (χ1v) is 9.75. The monoisotopic (exact) mass is 372 g/mol. The van der Waals surface area contributed by atoms with E-state index in [1.807, 2.05) is 23.1 Å². The minimum absolute atomic E-state index is 0.108. The molecule has 1 atom stereocenters. The van der Waals surface area contributed by atoms with Crippen molar-refractivity contribution in [3.8, 4) is 0 Å². The van der Waals surface area contributed by atoms with Gasteiger partial charge in [0, 0.05) is 22.4 Å². The number of anilines is 1. The largest absolute Gasteiger partial charge is 0.462 e. The van der Waals surface area contributed by atoms with Gasteiger partial charge in [0.05, 0.1) is 17.9 Å². The molecule has 1 amide bonds. The quantitative estimate of drug-likeness (QED) is 0.814. The fraction of sp³-hybridized carbons (Fsp3) is 0.400. The third-order valence-corrected chi connectivity index (χ3v) is 5.86. The molecule has 1 N–H and O–H groups in total. The van der Waals surface area contributed by atoms with E-state index < -0.39 is 5.97 Å². The van der Waals surface area contributed by atoms with Crippen LogP contribution in [0.4, 0.5) is 5.69 Å². The molecule has 0 fully saturated rings. The zero-order valence-corrected chi connectivity index (χ0v) is 16.4. The fourth-order valence-electron chi connectivity index (χ4n) is 3.31. The summed E-state index contributed by atoms with van der Waals surface area (Å²) in [6.45, 7) is 8.50. The molecule has 2 aromatic rings. The summed E-state index contributed by atoms with van der Waals surface area (Å²) >= 11 is 1.79. The highest BCUT2D eigenvalue weighted by molar-refractivity contribution is 8.00. The third-order valence-electron chi connectivity index (χ3n) is 4.62. The van der Waals surface area contributed by atoms with Crippen LogP contribution in [0.1, 0.15) is 52.4 Å². The smallest absolute Gasteiger partial charge is 0.340 e. The maximum absolute atomic E-state index is 13.3. The maximum Gasteiger partial charge on any atom is 0.340 e. The van der Waals surface area contributed by atoms with Gasteiger partial charge in [-0.05, 0) is 44.9 Å². The number of rotatable bonds is 3. The number of H-pyrrole nitrogens is 1. The molecule has 0 saturated carbocycles. The van der Waals surface area contributed by atoms with Crippen LogP contribution >= 0.6 is 11.8 Å². The second-order valence-electron chi connectivity index (χ2n) is 6.49. The zero-order chi connectivity index (χ0) is 18.8. The van der Waals surface area contributed by atoms with Gasteiger partial charge in [0.2, 0.25) is 0 Å². The second-order valence-corrected chi connectivity index (χ2v) is 7.97. The molecule has 1 aromatic heterocycles. The molecule has 6 heteroatoms. The van der Waals surface area contributed by atoms with Crippen LogP contribution in [0.2, 0.25) is 0 Å². The van der Waals surface area contributed by atoms with Gasteiger partial charge < -0.3 is 14.6 Å². The van der Waals surface area contributed by atoms with Crippen LogP contribution < -0.4 is 4.90 Å². The third kappa shape index (κ3) is 3.38. The summed E-state index contributed by atoms with van der Waals surface area (Å²) in [5.41, 5.74) is 3.15. The van der Waals surface area contributed by atoms with Crippen molar-refractivity contribution in [2.24, 2.45) is 0 Å². The molecule has 1 aliphatic heterocycles. The van der Waals surface area contributed by atoms with Crippen molar-refractivity contribution in [1.29, 1.82) is 0 Å². The predicted molar refractivity (Wildman–Crippen MR) is 104 cm³/mol. The van der Waals surface area contributed by atoms with Gasteiger partial charge in [0.15, 0.2) is 0 Å². The Hall–Kier alpha value is -2.21. The predicted octanol–water partition coefficient (Wildman–Crippen LogP) is 4.34. The van der Waals surface area contributed by atoms with Gasteiger partial charge in [0.25, 0.3) is 5.91 Å². The average molecular weight is 372 g/mol. The van der Waals surface area contributed by atoms with Crippen molar-refractivity contribution < 1.29 is 14.3 Å². The first kappa shape index (κ1) is 18.6. The minimum atomic E-state index is -0.391. The average Bonchev–Trinajstić information content (AvgIpc) is 2.80. The van der Waals surface area contributed by atoms with E-state index in [1.54, 1.807) is 32.5 Å². The molecule has 0 spiro atoms. The van der Waals surface area contributed by atoms with Gasteiger partial charge in [-0.15, -0.1) is 11.8 Å². The van der Waals surface area contributed by atoms with Crippen LogP contribution in [-0.4, -0.2) is 35.3 Å². The Morgan fingerprint density at radius 1 is 1.31 bits per heavy atom. The lowest BCUT2D eigenvalue weighted by atomic mass is 10.1. The molecule has 26 heavy (non-hydrogen) atoms. The summed E-state index contributed by atoms with van der Waals surface area (Å²) in [4.78, 5) is 31.6. The number of carbonyl (C=O) groups is 2. The summed E-state index contributed by atoms with van der Waals surface area (Å²) in [7, 11) is 0. The normalized spacial score (nSPS) is 16.8. The van der Waals surface area contributed by atoms with E-state index in [1.165, 1.54) is 0 Å². The van der Waals surface area contributed by atoms with Gasteiger partial charge in [0.1, 0.15) is 5.69 Å². The Labute approximate surface area is 158 Å². The van der Waals surface area contributed by atoms with Crippen LogP contribution in [0.15, 0.2) is 29.2 Å². The molecule has 138 valence electrons. The van der Waals surface area contributed by atoms with Crippen LogP contribution in [0.25, 0.3) is 0 Å². The molecule has 0 radical (unpaired) electrons. The van der Waals surface area contributed by atoms with Gasteiger partial charge in [-0.3, -0.25) is 4.79 Å². The van der Waals surface area contributed by atoms with Crippen molar-refractivity contribution >= 4 is 29.3 Å². The number of aryl methyl sites for hydroxylation is 1. The molecule has 1 aromatic carbocycles. The molecule has 1 unspecified atom stereocenters. The standard InChI is InChI=1S/C20H24N2O3S/c1-5-25-20(24)17-13(3)18(21-14(17)4)19(23)22-11-10-12(2)26-16-9-7-6-8-15(16)22/h6-9,12,21H,5,10-11H2,1-4H3. The number of hydrogen-bond donors (Lipinski definition) is 1. The van der Waals surface area contributed by atoms with E-state index in [4.69, 9.17) is 4.74 Å². The Morgan fingerprint density at radius 2 is 2.04 bits per heavy atom. The van der Waals surface area contributed by atoms with Gasteiger partial charge in [-0.25, -0.2) is 4.79 Å². The topological polar surface area (TPSA) is 62.4 Å². The fourth-order valence-corrected chi connectivity index (χ4v) is 4.42. The first-order valence-electron chi connectivity index (χ1n) is 8.87. The molecular weight excluding hydrogens is 348 g/mol. The number of ether oxygens (including phenoxy) is 1. The minimum Gasteiger partial charge on any atom is -0.462 e. The number of hydrogen-bond acceptors (Lipinski definition) is 4. The van der Waals surface area contributed by atoms with Gasteiger partial charge in [-0.1, -0.05) is 19.1 Å². The Balaban J connectivity index is 2.00. The molecule has 5 nitrogen and oxygen atoms in total. The highest BCUT2D eigenvalue weighted by Gasteiger charge is 2.29. The zero-order valence-electron chi connectivity index (χ0n) is 15.6. The number of fused-ring (bicyclic) bond motifs is 1. The van der Waals surface area contributed by atoms with E-state index in [9.17, 15) is 9.59 Å². The molecule has 0 bridgehead atoms. The molecule has 2 heterocycles. The number of nitrogens with one attached hydrogen (secondary N) is 1. The van der Waals surface area contributed by atoms with Crippen LogP contribution in [0.5, 0.6) is 0 Å². The lowest BCUT2D eigenvalue weighted by Gasteiger charge is -2.22. The van der Waals surface area contributed by atoms with E-state index in [0.717, 1.165) is 17.0 Å². The summed E-state index contributed by atoms with van der Waals surface area (Å²) in [5.74, 6) is -0.499. The summed E-state index contributed by atoms with van der Waals surface area (Å²) in [5, 5.41) is 0.440. The van der Waals surface area contributed by atoms with Crippen molar-refractivity contribution in [2.45, 2.75) is 44.3 Å². The Kier molecular flexibility index (Phi) is 5.41. The number of aromatic amines is 1. The van der Waals surface area contributed by atoms with Gasteiger partial charge in [-0.2, -0.15) is 0 Å². The molecule has 1 aliphatic rings. The number of aromatic nitrogens is 1. The Bertz CT molecular complexity index is 844. The molecule has 3 rings (SSSR count). The number of esters is 1. The second kappa shape index (κ2) is 7.58.